The number of nitrogens with zero attached hydrogens (tertiary/aromatic N) is 1. The maximum atomic E-state index is 12.3. The van der Waals surface area contributed by atoms with Crippen LogP contribution in [0, 0.1) is 5.92 Å². The minimum absolute atomic E-state index is 0.0164. The molecule has 1 aromatic rings. The molecule has 1 fully saturated rings. The molecule has 1 aliphatic rings. The molecule has 0 aliphatic carbocycles. The number of piperidine rings is 1. The topological polar surface area (TPSA) is 63.4 Å². The van der Waals surface area contributed by atoms with Gasteiger partial charge in [0.15, 0.2) is 5.78 Å². The van der Waals surface area contributed by atoms with Gasteiger partial charge in [-0.25, -0.2) is 0 Å². The summed E-state index contributed by atoms with van der Waals surface area (Å²) in [7, 11) is 0. The van der Waals surface area contributed by atoms with E-state index in [0.29, 0.717) is 23.6 Å². The second-order valence-electron chi connectivity index (χ2n) is 5.10. The van der Waals surface area contributed by atoms with E-state index in [1.807, 2.05) is 4.90 Å². The van der Waals surface area contributed by atoms with Gasteiger partial charge in [-0.3, -0.25) is 9.59 Å². The SMILES string of the molecule is CC(=O)c1ccc(C(=O)N2CCC(CN)CC2)cc1. The smallest absolute Gasteiger partial charge is 0.253 e. The van der Waals surface area contributed by atoms with Crippen molar-refractivity contribution in [3.05, 3.63) is 35.4 Å². The molecule has 2 N–H and O–H groups in total. The molecular formula is C15H20N2O2. The van der Waals surface area contributed by atoms with Crippen LogP contribution in [-0.4, -0.2) is 36.2 Å². The van der Waals surface area contributed by atoms with Crippen LogP contribution >= 0.6 is 0 Å². The first kappa shape index (κ1) is 13.7. The summed E-state index contributed by atoms with van der Waals surface area (Å²) in [6.07, 6.45) is 1.96. The first-order valence-electron chi connectivity index (χ1n) is 6.72. The number of nitrogens with two attached hydrogens (primary N) is 1. The van der Waals surface area contributed by atoms with E-state index in [9.17, 15) is 9.59 Å². The van der Waals surface area contributed by atoms with Crippen LogP contribution in [0.1, 0.15) is 40.5 Å². The zero-order valence-electron chi connectivity index (χ0n) is 11.3. The van der Waals surface area contributed by atoms with E-state index in [-0.39, 0.29) is 11.7 Å². The quantitative estimate of drug-likeness (QED) is 0.841. The summed E-state index contributed by atoms with van der Waals surface area (Å²) in [5, 5.41) is 0. The van der Waals surface area contributed by atoms with Crippen LogP contribution in [0.25, 0.3) is 0 Å². The second kappa shape index (κ2) is 5.97. The van der Waals surface area contributed by atoms with E-state index in [0.717, 1.165) is 25.9 Å². The number of ketones is 1. The number of amides is 1. The van der Waals surface area contributed by atoms with Crippen molar-refractivity contribution in [3.63, 3.8) is 0 Å². The molecule has 102 valence electrons. The minimum Gasteiger partial charge on any atom is -0.339 e. The molecular weight excluding hydrogens is 240 g/mol. The fourth-order valence-electron chi connectivity index (χ4n) is 2.40. The number of hydrogen-bond acceptors (Lipinski definition) is 3. The Bertz CT molecular complexity index is 460. The van der Waals surface area contributed by atoms with Gasteiger partial charge in [-0.1, -0.05) is 12.1 Å². The molecule has 0 saturated carbocycles. The lowest BCUT2D eigenvalue weighted by Gasteiger charge is -2.31. The van der Waals surface area contributed by atoms with Crippen molar-refractivity contribution in [1.29, 1.82) is 0 Å². The van der Waals surface area contributed by atoms with Crippen molar-refractivity contribution in [1.82, 2.24) is 4.90 Å². The Morgan fingerprint density at radius 3 is 2.16 bits per heavy atom. The van der Waals surface area contributed by atoms with Gasteiger partial charge in [-0.05, 0) is 44.4 Å². The van der Waals surface area contributed by atoms with Gasteiger partial charge in [0.25, 0.3) is 5.91 Å². The third-order valence-corrected chi connectivity index (χ3v) is 3.77. The highest BCUT2D eigenvalue weighted by molar-refractivity contribution is 5.97. The predicted molar refractivity (Wildman–Crippen MR) is 74.1 cm³/mol. The molecule has 1 heterocycles. The van der Waals surface area contributed by atoms with Crippen molar-refractivity contribution >= 4 is 11.7 Å². The summed E-state index contributed by atoms with van der Waals surface area (Å²) in [6, 6.07) is 6.88. The van der Waals surface area contributed by atoms with E-state index in [4.69, 9.17) is 5.73 Å². The average Bonchev–Trinajstić information content (AvgIpc) is 2.46. The van der Waals surface area contributed by atoms with Crippen molar-refractivity contribution in [2.24, 2.45) is 11.7 Å². The summed E-state index contributed by atoms with van der Waals surface area (Å²) in [6.45, 7) is 3.77. The van der Waals surface area contributed by atoms with E-state index in [1.165, 1.54) is 6.92 Å². The van der Waals surface area contributed by atoms with Gasteiger partial charge in [0.05, 0.1) is 0 Å². The third-order valence-electron chi connectivity index (χ3n) is 3.77. The monoisotopic (exact) mass is 260 g/mol. The standard InChI is InChI=1S/C15H20N2O2/c1-11(18)13-2-4-14(5-3-13)15(19)17-8-6-12(10-16)7-9-17/h2-5,12H,6-10,16H2,1H3. The Morgan fingerprint density at radius 2 is 1.68 bits per heavy atom. The number of hydrogen-bond donors (Lipinski definition) is 1. The molecule has 1 aromatic carbocycles. The second-order valence-corrected chi connectivity index (χ2v) is 5.10. The number of likely N-dealkylation sites (tertiary alicyclic amines) is 1. The summed E-state index contributed by atoms with van der Waals surface area (Å²) >= 11 is 0. The molecule has 2 rings (SSSR count). The number of benzene rings is 1. The summed E-state index contributed by atoms with van der Waals surface area (Å²) in [5.74, 6) is 0.609. The zero-order chi connectivity index (χ0) is 13.8. The Labute approximate surface area is 113 Å². The summed E-state index contributed by atoms with van der Waals surface area (Å²) in [4.78, 5) is 25.3. The average molecular weight is 260 g/mol. The van der Waals surface area contributed by atoms with Gasteiger partial charge in [0.1, 0.15) is 0 Å². The van der Waals surface area contributed by atoms with E-state index in [1.54, 1.807) is 24.3 Å². The van der Waals surface area contributed by atoms with Gasteiger partial charge in [0, 0.05) is 24.2 Å². The molecule has 1 saturated heterocycles. The van der Waals surface area contributed by atoms with E-state index < -0.39 is 0 Å². The highest BCUT2D eigenvalue weighted by Crippen LogP contribution is 2.18. The Kier molecular flexibility index (Phi) is 4.32. The van der Waals surface area contributed by atoms with Crippen LogP contribution in [0.5, 0.6) is 0 Å². The lowest BCUT2D eigenvalue weighted by Crippen LogP contribution is -2.40. The molecule has 4 heteroatoms. The van der Waals surface area contributed by atoms with Crippen LogP contribution in [-0.2, 0) is 0 Å². The van der Waals surface area contributed by atoms with Crippen LogP contribution in [0.3, 0.4) is 0 Å². The molecule has 0 aromatic heterocycles. The number of carbonyl (C=O) groups excluding carboxylic acids is 2. The highest BCUT2D eigenvalue weighted by Gasteiger charge is 2.22. The fraction of sp³-hybridized carbons (Fsp3) is 0.467. The van der Waals surface area contributed by atoms with Gasteiger partial charge >= 0.3 is 0 Å². The number of rotatable bonds is 3. The van der Waals surface area contributed by atoms with Gasteiger partial charge in [-0.15, -0.1) is 0 Å². The van der Waals surface area contributed by atoms with Gasteiger partial charge < -0.3 is 10.6 Å². The predicted octanol–water partition coefficient (Wildman–Crippen LogP) is 1.70. The minimum atomic E-state index is 0.0164. The maximum absolute atomic E-state index is 12.3. The molecule has 0 unspecified atom stereocenters. The summed E-state index contributed by atoms with van der Waals surface area (Å²) in [5.41, 5.74) is 6.93. The fourth-order valence-corrected chi connectivity index (χ4v) is 2.40. The highest BCUT2D eigenvalue weighted by atomic mass is 16.2. The number of carbonyl (C=O) groups is 2. The van der Waals surface area contributed by atoms with Crippen LogP contribution in [0.15, 0.2) is 24.3 Å². The lowest BCUT2D eigenvalue weighted by atomic mass is 9.96. The number of Topliss-reactive ketones (excluding diaryl/α,β-unsaturated/α-hetero) is 1. The van der Waals surface area contributed by atoms with Gasteiger partial charge in [0.2, 0.25) is 0 Å². The first-order chi connectivity index (χ1) is 9.11. The summed E-state index contributed by atoms with van der Waals surface area (Å²) < 4.78 is 0. The van der Waals surface area contributed by atoms with Crippen LogP contribution < -0.4 is 5.73 Å². The van der Waals surface area contributed by atoms with E-state index in [2.05, 4.69) is 0 Å². The molecule has 0 bridgehead atoms. The van der Waals surface area contributed by atoms with Gasteiger partial charge in [-0.2, -0.15) is 0 Å². The molecule has 0 spiro atoms. The third kappa shape index (κ3) is 3.20. The zero-order valence-corrected chi connectivity index (χ0v) is 11.3. The van der Waals surface area contributed by atoms with Crippen molar-refractivity contribution in [2.75, 3.05) is 19.6 Å². The van der Waals surface area contributed by atoms with Crippen molar-refractivity contribution < 1.29 is 9.59 Å². The van der Waals surface area contributed by atoms with E-state index >= 15 is 0 Å². The molecule has 1 amide bonds. The van der Waals surface area contributed by atoms with Crippen molar-refractivity contribution in [3.8, 4) is 0 Å². The van der Waals surface area contributed by atoms with Crippen molar-refractivity contribution in [2.45, 2.75) is 19.8 Å². The van der Waals surface area contributed by atoms with Crippen LogP contribution in [0.2, 0.25) is 0 Å². The molecule has 0 atom stereocenters. The Balaban J connectivity index is 2.02. The largest absolute Gasteiger partial charge is 0.339 e. The first-order valence-corrected chi connectivity index (χ1v) is 6.72. The maximum Gasteiger partial charge on any atom is 0.253 e. The molecule has 19 heavy (non-hydrogen) atoms. The van der Waals surface area contributed by atoms with Crippen LogP contribution in [0.4, 0.5) is 0 Å². The molecule has 1 aliphatic heterocycles. The normalized spacial score (nSPS) is 16.4. The molecule has 4 nitrogen and oxygen atoms in total. The molecule has 0 radical (unpaired) electrons. The lowest BCUT2D eigenvalue weighted by molar-refractivity contribution is 0.0693. The Hall–Kier alpha value is -1.68. The Morgan fingerprint density at radius 1 is 1.16 bits per heavy atom.